The second kappa shape index (κ2) is 10.2. The van der Waals surface area contributed by atoms with Crippen molar-refractivity contribution in [1.82, 2.24) is 5.32 Å². The summed E-state index contributed by atoms with van der Waals surface area (Å²) in [6.07, 6.45) is -0.367. The van der Waals surface area contributed by atoms with E-state index in [0.717, 1.165) is 11.1 Å². The fourth-order valence-corrected chi connectivity index (χ4v) is 2.86. The molecule has 1 unspecified atom stereocenters. The normalized spacial score (nSPS) is 11.4. The number of aryl methyl sites for hydroxylation is 2. The fourth-order valence-electron chi connectivity index (χ4n) is 2.86. The Balaban J connectivity index is 1.92. The standard InChI is InChI=1S/C22H26N4O4/c1-13-3-4-16(11-14(13)2)18(12-21(29)30)26-20(28)10-9-19(27)25-17-7-5-15(6-8-17)22(23)24/h3-8,11,18H,9-10,12H2,1-2H3,(H3,23,24)(H,25,27)(H,26,28)(H,29,30). The smallest absolute Gasteiger partial charge is 0.305 e. The Labute approximate surface area is 175 Å². The van der Waals surface area contributed by atoms with E-state index < -0.39 is 17.9 Å². The van der Waals surface area contributed by atoms with Gasteiger partial charge in [-0.2, -0.15) is 0 Å². The van der Waals surface area contributed by atoms with Gasteiger partial charge in [-0.1, -0.05) is 18.2 Å². The number of carbonyl (C=O) groups excluding carboxylic acids is 2. The molecule has 2 rings (SSSR count). The van der Waals surface area contributed by atoms with Crippen LogP contribution in [0.25, 0.3) is 0 Å². The molecule has 8 heteroatoms. The van der Waals surface area contributed by atoms with Crippen LogP contribution in [0.5, 0.6) is 0 Å². The third-order valence-corrected chi connectivity index (χ3v) is 4.71. The topological polar surface area (TPSA) is 145 Å². The molecule has 2 aromatic rings. The van der Waals surface area contributed by atoms with Crippen molar-refractivity contribution in [1.29, 1.82) is 5.41 Å². The van der Waals surface area contributed by atoms with E-state index in [1.54, 1.807) is 30.3 Å². The van der Waals surface area contributed by atoms with E-state index in [2.05, 4.69) is 10.6 Å². The lowest BCUT2D eigenvalue weighted by atomic mass is 9.98. The predicted molar refractivity (Wildman–Crippen MR) is 114 cm³/mol. The number of hydrogen-bond donors (Lipinski definition) is 5. The Hall–Kier alpha value is -3.68. The number of nitrogens with two attached hydrogens (primary N) is 1. The van der Waals surface area contributed by atoms with Gasteiger partial charge in [-0.3, -0.25) is 19.8 Å². The van der Waals surface area contributed by atoms with Crippen LogP contribution in [0.4, 0.5) is 5.69 Å². The Morgan fingerprint density at radius 3 is 2.20 bits per heavy atom. The highest BCUT2D eigenvalue weighted by molar-refractivity contribution is 5.96. The zero-order valence-corrected chi connectivity index (χ0v) is 17.0. The molecular weight excluding hydrogens is 384 g/mol. The monoisotopic (exact) mass is 410 g/mol. The highest BCUT2D eigenvalue weighted by Crippen LogP contribution is 2.20. The first-order chi connectivity index (χ1) is 14.2. The van der Waals surface area contributed by atoms with Crippen molar-refractivity contribution in [2.24, 2.45) is 5.73 Å². The average molecular weight is 410 g/mol. The van der Waals surface area contributed by atoms with Crippen molar-refractivity contribution in [2.75, 3.05) is 5.32 Å². The van der Waals surface area contributed by atoms with Crippen LogP contribution in [0.3, 0.4) is 0 Å². The number of anilines is 1. The summed E-state index contributed by atoms with van der Waals surface area (Å²) in [5, 5.41) is 21.9. The molecule has 1 atom stereocenters. The Kier molecular flexibility index (Phi) is 7.69. The lowest BCUT2D eigenvalue weighted by molar-refractivity contribution is -0.138. The highest BCUT2D eigenvalue weighted by atomic mass is 16.4. The number of nitrogen functional groups attached to an aromatic ring is 1. The maximum atomic E-state index is 12.3. The number of carboxylic acid groups (broad SMARTS) is 1. The molecule has 0 aliphatic heterocycles. The van der Waals surface area contributed by atoms with Crippen LogP contribution in [0.2, 0.25) is 0 Å². The van der Waals surface area contributed by atoms with Gasteiger partial charge in [0.25, 0.3) is 0 Å². The van der Waals surface area contributed by atoms with Crippen molar-refractivity contribution in [3.63, 3.8) is 0 Å². The summed E-state index contributed by atoms with van der Waals surface area (Å²) in [7, 11) is 0. The molecule has 0 saturated heterocycles. The van der Waals surface area contributed by atoms with E-state index in [9.17, 15) is 19.5 Å². The van der Waals surface area contributed by atoms with Crippen molar-refractivity contribution in [3.8, 4) is 0 Å². The molecule has 2 amide bonds. The summed E-state index contributed by atoms with van der Waals surface area (Å²) in [5.74, 6) is -1.84. The van der Waals surface area contributed by atoms with Crippen molar-refractivity contribution >= 4 is 29.3 Å². The summed E-state index contributed by atoms with van der Waals surface area (Å²) in [5.41, 5.74) is 9.26. The minimum Gasteiger partial charge on any atom is -0.481 e. The second-order valence-electron chi connectivity index (χ2n) is 7.10. The molecule has 0 aromatic heterocycles. The van der Waals surface area contributed by atoms with Crippen molar-refractivity contribution < 1.29 is 19.5 Å². The molecule has 0 fully saturated rings. The van der Waals surface area contributed by atoms with Crippen LogP contribution in [0, 0.1) is 19.3 Å². The average Bonchev–Trinajstić information content (AvgIpc) is 2.68. The maximum absolute atomic E-state index is 12.3. The molecule has 0 heterocycles. The van der Waals surface area contributed by atoms with Crippen LogP contribution in [-0.2, 0) is 14.4 Å². The second-order valence-corrected chi connectivity index (χ2v) is 7.10. The van der Waals surface area contributed by atoms with Gasteiger partial charge in [0.2, 0.25) is 11.8 Å². The first-order valence-corrected chi connectivity index (χ1v) is 9.48. The molecule has 0 aliphatic carbocycles. The SMILES string of the molecule is Cc1ccc(C(CC(=O)O)NC(=O)CCC(=O)Nc2ccc(C(=N)N)cc2)cc1C. The van der Waals surface area contributed by atoms with Crippen LogP contribution in [0.15, 0.2) is 42.5 Å². The van der Waals surface area contributed by atoms with E-state index in [1.807, 2.05) is 26.0 Å². The van der Waals surface area contributed by atoms with Crippen LogP contribution in [-0.4, -0.2) is 28.7 Å². The van der Waals surface area contributed by atoms with Gasteiger partial charge in [-0.15, -0.1) is 0 Å². The van der Waals surface area contributed by atoms with Gasteiger partial charge in [-0.25, -0.2) is 0 Å². The number of aliphatic carboxylic acids is 1. The van der Waals surface area contributed by atoms with E-state index >= 15 is 0 Å². The van der Waals surface area contributed by atoms with E-state index in [4.69, 9.17) is 11.1 Å². The molecule has 0 radical (unpaired) electrons. The van der Waals surface area contributed by atoms with Gasteiger partial charge < -0.3 is 21.5 Å². The summed E-state index contributed by atoms with van der Waals surface area (Å²) in [6.45, 7) is 3.88. The molecule has 0 spiro atoms. The van der Waals surface area contributed by atoms with Gasteiger partial charge in [0.15, 0.2) is 0 Å². The number of benzene rings is 2. The van der Waals surface area contributed by atoms with Gasteiger partial charge in [0, 0.05) is 24.1 Å². The first kappa shape index (κ1) is 22.6. The number of amides is 2. The molecule has 0 aliphatic rings. The number of amidine groups is 1. The molecule has 0 bridgehead atoms. The lowest BCUT2D eigenvalue weighted by Gasteiger charge is -2.18. The third-order valence-electron chi connectivity index (χ3n) is 4.71. The molecule has 0 saturated carbocycles. The number of hydrogen-bond acceptors (Lipinski definition) is 4. The quantitative estimate of drug-likeness (QED) is 0.319. The highest BCUT2D eigenvalue weighted by Gasteiger charge is 2.19. The van der Waals surface area contributed by atoms with Crippen LogP contribution >= 0.6 is 0 Å². The summed E-state index contributed by atoms with van der Waals surface area (Å²) < 4.78 is 0. The number of carboxylic acids is 1. The Morgan fingerprint density at radius 2 is 1.63 bits per heavy atom. The third kappa shape index (κ3) is 6.73. The zero-order chi connectivity index (χ0) is 22.3. The largest absolute Gasteiger partial charge is 0.481 e. The fraction of sp³-hybridized carbons (Fsp3) is 0.273. The molecule has 8 nitrogen and oxygen atoms in total. The summed E-state index contributed by atoms with van der Waals surface area (Å²) in [4.78, 5) is 35.6. The zero-order valence-electron chi connectivity index (χ0n) is 17.0. The Bertz CT molecular complexity index is 954. The van der Waals surface area contributed by atoms with Gasteiger partial charge in [0.1, 0.15) is 5.84 Å². The van der Waals surface area contributed by atoms with Crippen LogP contribution < -0.4 is 16.4 Å². The van der Waals surface area contributed by atoms with Gasteiger partial charge in [-0.05, 0) is 54.8 Å². The Morgan fingerprint density at radius 1 is 1.00 bits per heavy atom. The first-order valence-electron chi connectivity index (χ1n) is 9.48. The minimum atomic E-state index is -1.02. The van der Waals surface area contributed by atoms with Crippen molar-refractivity contribution in [2.45, 2.75) is 39.2 Å². The predicted octanol–water partition coefficient (Wildman–Crippen LogP) is 2.64. The molecular formula is C22H26N4O4. The van der Waals surface area contributed by atoms with E-state index in [0.29, 0.717) is 16.8 Å². The number of rotatable bonds is 9. The lowest BCUT2D eigenvalue weighted by Crippen LogP contribution is -2.31. The van der Waals surface area contributed by atoms with E-state index in [1.165, 1.54) is 0 Å². The number of carbonyl (C=O) groups is 3. The summed E-state index contributed by atoms with van der Waals surface area (Å²) >= 11 is 0. The summed E-state index contributed by atoms with van der Waals surface area (Å²) in [6, 6.07) is 11.4. The van der Waals surface area contributed by atoms with Crippen LogP contribution in [0.1, 0.15) is 47.6 Å². The van der Waals surface area contributed by atoms with Gasteiger partial charge >= 0.3 is 5.97 Å². The number of nitrogens with one attached hydrogen (secondary N) is 3. The molecule has 30 heavy (non-hydrogen) atoms. The van der Waals surface area contributed by atoms with Gasteiger partial charge in [0.05, 0.1) is 12.5 Å². The van der Waals surface area contributed by atoms with E-state index in [-0.39, 0.29) is 31.0 Å². The minimum absolute atomic E-state index is 0.0486. The van der Waals surface area contributed by atoms with Crippen molar-refractivity contribution in [3.05, 3.63) is 64.7 Å². The maximum Gasteiger partial charge on any atom is 0.305 e. The molecule has 6 N–H and O–H groups in total. The molecule has 2 aromatic carbocycles. The molecule has 158 valence electrons.